The molecule has 0 aromatic heterocycles. The lowest BCUT2D eigenvalue weighted by Crippen LogP contribution is -2.66. The van der Waals surface area contributed by atoms with Gasteiger partial charge in [0.05, 0.1) is 19.6 Å². The minimum atomic E-state index is -2.55. The van der Waals surface area contributed by atoms with E-state index in [1.54, 1.807) is 30.3 Å². The Labute approximate surface area is 476 Å². The maximum atomic E-state index is 14.3. The molecule has 0 radical (unpaired) electrons. The van der Waals surface area contributed by atoms with Gasteiger partial charge in [-0.3, -0.25) is 9.59 Å². The molecule has 1 saturated heterocycles. The van der Waals surface area contributed by atoms with Crippen molar-refractivity contribution in [2.75, 3.05) is 26.4 Å². The van der Waals surface area contributed by atoms with Crippen molar-refractivity contribution < 1.29 is 66.7 Å². The van der Waals surface area contributed by atoms with Crippen molar-refractivity contribution in [1.82, 2.24) is 10.6 Å². The van der Waals surface area contributed by atoms with Crippen LogP contribution >= 0.6 is 69.6 Å². The Kier molecular flexibility index (Phi) is 33.4. The molecule has 75 heavy (non-hydrogen) atoms. The van der Waals surface area contributed by atoms with Crippen LogP contribution in [0, 0.1) is 0 Å². The van der Waals surface area contributed by atoms with Crippen LogP contribution in [0.2, 0.25) is 18.1 Å². The highest BCUT2D eigenvalue weighted by Gasteiger charge is 2.51. The first-order chi connectivity index (χ1) is 35.2. The third kappa shape index (κ3) is 30.8. The Morgan fingerprint density at radius 3 is 1.80 bits per heavy atom. The van der Waals surface area contributed by atoms with Gasteiger partial charge < -0.3 is 53.3 Å². The Morgan fingerprint density at radius 2 is 1.25 bits per heavy atom. The van der Waals surface area contributed by atoms with Gasteiger partial charge in [-0.1, -0.05) is 224 Å². The fourth-order valence-corrected chi connectivity index (χ4v) is 8.93. The summed E-state index contributed by atoms with van der Waals surface area (Å²) in [6.45, 7) is 11.8. The van der Waals surface area contributed by atoms with Gasteiger partial charge >= 0.3 is 30.1 Å². The van der Waals surface area contributed by atoms with Crippen LogP contribution in [0.4, 0.5) is 9.59 Å². The molecular formula is C52H84Cl6N2O14Si. The van der Waals surface area contributed by atoms with Crippen molar-refractivity contribution in [2.24, 2.45) is 0 Å². The van der Waals surface area contributed by atoms with Crippen molar-refractivity contribution in [3.63, 3.8) is 0 Å². The van der Waals surface area contributed by atoms with Crippen LogP contribution in [0.1, 0.15) is 162 Å². The normalized spacial score (nSPS) is 19.1. The maximum Gasteiger partial charge on any atom is 0.408 e. The number of hydrogen-bond acceptors (Lipinski definition) is 14. The number of ether oxygens (including phenoxy) is 7. The number of nitrogens with one attached hydrogen (secondary N) is 2. The molecule has 1 aliphatic rings. The molecule has 1 aliphatic heterocycles. The number of alkyl halides is 6. The van der Waals surface area contributed by atoms with Gasteiger partial charge in [0, 0.05) is 6.42 Å². The maximum absolute atomic E-state index is 14.3. The number of unbranched alkanes of at least 4 members (excludes halogenated alkanes) is 14. The second kappa shape index (κ2) is 36.3. The van der Waals surface area contributed by atoms with Gasteiger partial charge in [-0.05, 0) is 43.0 Å². The topological polar surface area (TPSA) is 203 Å². The van der Waals surface area contributed by atoms with Crippen LogP contribution in [-0.2, 0) is 58.6 Å². The van der Waals surface area contributed by atoms with E-state index in [1.807, 2.05) is 33.9 Å². The third-order valence-electron chi connectivity index (χ3n) is 12.9. The van der Waals surface area contributed by atoms with E-state index in [0.717, 1.165) is 57.8 Å². The number of esters is 3. The van der Waals surface area contributed by atoms with Crippen molar-refractivity contribution >= 4 is 108 Å². The van der Waals surface area contributed by atoms with E-state index in [9.17, 15) is 29.1 Å². The van der Waals surface area contributed by atoms with Crippen LogP contribution < -0.4 is 10.6 Å². The first kappa shape index (κ1) is 69.1. The Bertz CT molecular complexity index is 1810. The van der Waals surface area contributed by atoms with Gasteiger partial charge in [-0.15, -0.1) is 0 Å². The van der Waals surface area contributed by atoms with E-state index in [2.05, 4.69) is 24.5 Å². The van der Waals surface area contributed by atoms with Crippen LogP contribution in [-0.4, -0.2) is 120 Å². The SMILES string of the molecule is CCCCCCCCCCC[C@H](CC(=O)O[C@H]1[C@H](O)[C@@H](CO[Si](C)(C)C(C)(C)C)O[C@@H](OC[C@H](NC(=O)OCC(Cl)(Cl)Cl)C(=O)OCc2ccccc2)[C@@H]1NC(=O)OCC(Cl)(Cl)Cl)OC(=O)CCCCCCCCC. The summed E-state index contributed by atoms with van der Waals surface area (Å²) in [6, 6.07) is 5.45. The summed E-state index contributed by atoms with van der Waals surface area (Å²) >= 11 is 35.1. The molecule has 16 nitrogen and oxygen atoms in total. The number of aliphatic hydroxyl groups is 1. The highest BCUT2D eigenvalue weighted by atomic mass is 35.6. The van der Waals surface area contributed by atoms with Crippen LogP contribution in [0.5, 0.6) is 0 Å². The number of halogens is 6. The Hall–Kier alpha value is -2.03. The molecule has 432 valence electrons. The summed E-state index contributed by atoms with van der Waals surface area (Å²) in [5, 5.41) is 16.7. The molecule has 0 saturated carbocycles. The Morgan fingerprint density at radius 1 is 0.720 bits per heavy atom. The highest BCUT2D eigenvalue weighted by Crippen LogP contribution is 2.38. The molecule has 0 spiro atoms. The minimum Gasteiger partial charge on any atom is -0.462 e. The zero-order valence-electron chi connectivity index (χ0n) is 44.9. The zero-order valence-corrected chi connectivity index (χ0v) is 50.5. The minimum absolute atomic E-state index is 0.188. The molecule has 1 aromatic carbocycles. The number of amides is 2. The summed E-state index contributed by atoms with van der Waals surface area (Å²) in [7, 11) is -2.55. The molecule has 23 heteroatoms. The standard InChI is InChI=1S/C52H84Cl6N2O14Si/c1-8-10-12-14-16-17-19-20-25-29-38(72-41(61)30-26-21-18-15-13-11-9-2)31-42(62)74-45-43(60-49(66)70-36-52(56,57)58)47(73-40(44(45)63)34-71-75(6,7)50(3,4)5)68-33-39(59-48(65)69-35-51(53,54)55)46(64)67-32-37-27-23-22-24-28-37/h22-24,27-28,38-40,43-45,47,63H,8-21,25-26,29-36H2,1-7H3,(H,59,65)(H,60,66)/t38-,39+,40-,43-,44-,45-,47-/m1/s1. The Balaban J connectivity index is 2.54. The summed E-state index contributed by atoms with van der Waals surface area (Å²) in [4.78, 5) is 67.7. The van der Waals surface area contributed by atoms with Crippen molar-refractivity contribution in [3.8, 4) is 0 Å². The van der Waals surface area contributed by atoms with Gasteiger partial charge in [-0.25, -0.2) is 14.4 Å². The average molecular weight is 1200 g/mol. The highest BCUT2D eigenvalue weighted by molar-refractivity contribution is 6.74. The lowest BCUT2D eigenvalue weighted by atomic mass is 9.96. The molecule has 0 aliphatic carbocycles. The molecular weight excluding hydrogens is 1120 g/mol. The fraction of sp³-hybridized carbons (Fsp3) is 0.788. The first-order valence-electron chi connectivity index (χ1n) is 26.4. The number of carbonyl (C=O) groups excluding carboxylic acids is 5. The van der Waals surface area contributed by atoms with Crippen LogP contribution in [0.25, 0.3) is 0 Å². The molecule has 1 aromatic rings. The van der Waals surface area contributed by atoms with Gasteiger partial charge in [-0.2, -0.15) is 0 Å². The van der Waals surface area contributed by atoms with E-state index in [-0.39, 0.29) is 31.1 Å². The van der Waals surface area contributed by atoms with Crippen molar-refractivity contribution in [2.45, 2.75) is 232 Å². The summed E-state index contributed by atoms with van der Waals surface area (Å²) < 4.78 is 42.8. The van der Waals surface area contributed by atoms with E-state index in [0.29, 0.717) is 24.8 Å². The van der Waals surface area contributed by atoms with E-state index < -0.39 is 109 Å². The molecule has 1 heterocycles. The predicted octanol–water partition coefficient (Wildman–Crippen LogP) is 13.1. The predicted molar refractivity (Wildman–Crippen MR) is 296 cm³/mol. The van der Waals surface area contributed by atoms with Gasteiger partial charge in [0.25, 0.3) is 0 Å². The molecule has 3 N–H and O–H groups in total. The third-order valence-corrected chi connectivity index (χ3v) is 18.1. The van der Waals surface area contributed by atoms with E-state index >= 15 is 0 Å². The molecule has 0 bridgehead atoms. The summed E-state index contributed by atoms with van der Waals surface area (Å²) in [5.74, 6) is -2.30. The largest absolute Gasteiger partial charge is 0.462 e. The van der Waals surface area contributed by atoms with Gasteiger partial charge in [0.15, 0.2) is 26.8 Å². The average Bonchev–Trinajstić information content (AvgIpc) is 3.33. The van der Waals surface area contributed by atoms with Gasteiger partial charge in [0.2, 0.25) is 7.59 Å². The lowest BCUT2D eigenvalue weighted by molar-refractivity contribution is -0.273. The smallest absolute Gasteiger partial charge is 0.408 e. The van der Waals surface area contributed by atoms with E-state index in [1.165, 1.54) is 32.1 Å². The molecule has 7 atom stereocenters. The second-order valence-corrected chi connectivity index (χ2v) is 30.4. The number of rotatable bonds is 35. The molecule has 1 fully saturated rings. The zero-order chi connectivity index (χ0) is 56.1. The van der Waals surface area contributed by atoms with Crippen LogP contribution in [0.3, 0.4) is 0 Å². The molecule has 0 unspecified atom stereocenters. The fourth-order valence-electron chi connectivity index (χ4n) is 7.59. The van der Waals surface area contributed by atoms with E-state index in [4.69, 9.17) is 107 Å². The number of hydrogen-bond donors (Lipinski definition) is 3. The second-order valence-electron chi connectivity index (χ2n) is 20.5. The molecule has 2 amide bonds. The molecule has 2 rings (SSSR count). The van der Waals surface area contributed by atoms with Crippen molar-refractivity contribution in [1.29, 1.82) is 0 Å². The number of aliphatic hydroxyl groups excluding tert-OH is 1. The first-order valence-corrected chi connectivity index (χ1v) is 31.6. The van der Waals surface area contributed by atoms with Gasteiger partial charge in [0.1, 0.15) is 44.2 Å². The number of benzene rings is 1. The lowest BCUT2D eigenvalue weighted by Gasteiger charge is -2.45. The monoisotopic (exact) mass is 1200 g/mol. The van der Waals surface area contributed by atoms with Crippen molar-refractivity contribution in [3.05, 3.63) is 35.9 Å². The number of carbonyl (C=O) groups is 5. The summed E-state index contributed by atoms with van der Waals surface area (Å²) in [6.07, 6.45) is 7.16. The summed E-state index contributed by atoms with van der Waals surface area (Å²) in [5.41, 5.74) is 0.624. The number of alkyl carbamates (subject to hydrolysis) is 2. The quantitative estimate of drug-likeness (QED) is 0.0190. The van der Waals surface area contributed by atoms with Crippen LogP contribution in [0.15, 0.2) is 30.3 Å².